The lowest BCUT2D eigenvalue weighted by molar-refractivity contribution is -0.134. The average molecular weight is 509 g/mol. The highest BCUT2D eigenvalue weighted by atomic mass is 16.5. The lowest BCUT2D eigenvalue weighted by Crippen LogP contribution is -2.35. The van der Waals surface area contributed by atoms with Gasteiger partial charge in [-0.1, -0.05) is 37.2 Å². The number of aliphatic hydroxyl groups is 1. The molecule has 8 nitrogen and oxygen atoms in total. The van der Waals surface area contributed by atoms with Crippen LogP contribution in [0.25, 0.3) is 5.57 Å². The molecule has 2 saturated heterocycles. The molecular weight excluding hydrogens is 468 g/mol. The van der Waals surface area contributed by atoms with Gasteiger partial charge in [0, 0.05) is 50.5 Å². The van der Waals surface area contributed by atoms with Crippen molar-refractivity contribution in [2.24, 2.45) is 17.8 Å². The Labute approximate surface area is 219 Å². The number of likely N-dealkylation sites (tertiary alicyclic amines) is 1. The Bertz CT molecular complexity index is 1070. The van der Waals surface area contributed by atoms with Crippen molar-refractivity contribution in [1.29, 1.82) is 0 Å². The minimum absolute atomic E-state index is 0.0762. The van der Waals surface area contributed by atoms with E-state index in [1.165, 1.54) is 11.1 Å². The molecule has 0 spiro atoms. The maximum atomic E-state index is 12.9. The van der Waals surface area contributed by atoms with Crippen LogP contribution < -0.4 is 9.64 Å². The van der Waals surface area contributed by atoms with Crippen LogP contribution in [-0.4, -0.2) is 65.4 Å². The third-order valence-corrected chi connectivity index (χ3v) is 8.16. The van der Waals surface area contributed by atoms with Crippen LogP contribution in [0.1, 0.15) is 69.7 Å². The number of rotatable bonds is 8. The van der Waals surface area contributed by atoms with Crippen LogP contribution >= 0.6 is 0 Å². The molecule has 5 rings (SSSR count). The summed E-state index contributed by atoms with van der Waals surface area (Å²) in [6.07, 6.45) is 7.86. The number of anilines is 1. The van der Waals surface area contributed by atoms with Gasteiger partial charge in [0.25, 0.3) is 0 Å². The molecule has 3 heterocycles. The summed E-state index contributed by atoms with van der Waals surface area (Å²) in [6, 6.07) is 9.04. The number of aromatic nitrogens is 2. The minimum Gasteiger partial charge on any atom is -0.493 e. The molecule has 1 aromatic heterocycles. The average Bonchev–Trinajstić information content (AvgIpc) is 3.63. The monoisotopic (exact) mass is 508 g/mol. The summed E-state index contributed by atoms with van der Waals surface area (Å²) >= 11 is 0. The number of amides is 1. The summed E-state index contributed by atoms with van der Waals surface area (Å²) in [7, 11) is 0. The van der Waals surface area contributed by atoms with Crippen molar-refractivity contribution in [3.8, 4) is 5.75 Å². The summed E-state index contributed by atoms with van der Waals surface area (Å²) in [5.41, 5.74) is 2.53. The lowest BCUT2D eigenvalue weighted by atomic mass is 9.86. The standard InChI is InChI=1S/C29H40N4O4/c1-20(2)27-30-29(37-31-27)32-14-11-21(12-15-32)19-36-26-9-7-24(8-10-26)23-3-5-25(6-4-23)28(35)33-16-13-22(17-33)18-34/h3,7-10,20-22,25,34H,4-6,11-19H2,1-2H3/t22-,25?/m1/s1. The maximum absolute atomic E-state index is 12.9. The van der Waals surface area contributed by atoms with Crippen molar-refractivity contribution in [3.63, 3.8) is 0 Å². The first kappa shape index (κ1) is 25.8. The van der Waals surface area contributed by atoms with Gasteiger partial charge in [-0.3, -0.25) is 4.79 Å². The molecule has 0 bridgehead atoms. The SMILES string of the molecule is CC(C)c1noc(N2CCC(COc3ccc(C4=CCC(C(=O)N5CC[C@@H](CO)C5)CC4)cc3)CC2)n1. The number of carbonyl (C=O) groups excluding carboxylic acids is 1. The number of hydrogen-bond acceptors (Lipinski definition) is 7. The zero-order valence-corrected chi connectivity index (χ0v) is 22.1. The fraction of sp³-hybridized carbons (Fsp3) is 0.621. The topological polar surface area (TPSA) is 91.9 Å². The second-order valence-electron chi connectivity index (χ2n) is 11.2. The highest BCUT2D eigenvalue weighted by molar-refractivity contribution is 5.81. The second-order valence-corrected chi connectivity index (χ2v) is 11.2. The number of aliphatic hydroxyl groups excluding tert-OH is 1. The van der Waals surface area contributed by atoms with Gasteiger partial charge in [0.05, 0.1) is 6.61 Å². The second kappa shape index (κ2) is 11.7. The van der Waals surface area contributed by atoms with Crippen LogP contribution in [0.2, 0.25) is 0 Å². The molecule has 0 radical (unpaired) electrons. The molecule has 37 heavy (non-hydrogen) atoms. The highest BCUT2D eigenvalue weighted by Crippen LogP contribution is 2.33. The molecule has 1 aromatic carbocycles. The molecule has 1 amide bonds. The number of allylic oxidation sites excluding steroid dienone is 2. The van der Waals surface area contributed by atoms with E-state index in [2.05, 4.69) is 59.2 Å². The number of ether oxygens (including phenoxy) is 1. The summed E-state index contributed by atoms with van der Waals surface area (Å²) in [4.78, 5) is 21.5. The number of carbonyl (C=O) groups is 1. The Morgan fingerprint density at radius 2 is 1.86 bits per heavy atom. The highest BCUT2D eigenvalue weighted by Gasteiger charge is 2.31. The summed E-state index contributed by atoms with van der Waals surface area (Å²) in [6.45, 7) is 8.34. The van der Waals surface area contributed by atoms with Crippen LogP contribution in [-0.2, 0) is 4.79 Å². The molecule has 8 heteroatoms. The van der Waals surface area contributed by atoms with E-state index < -0.39 is 0 Å². The van der Waals surface area contributed by atoms with Gasteiger partial charge < -0.3 is 24.2 Å². The fourth-order valence-electron chi connectivity index (χ4n) is 5.62. The van der Waals surface area contributed by atoms with Gasteiger partial charge in [-0.05, 0) is 67.7 Å². The van der Waals surface area contributed by atoms with Gasteiger partial charge in [0.15, 0.2) is 5.82 Å². The van der Waals surface area contributed by atoms with Crippen LogP contribution in [0.3, 0.4) is 0 Å². The molecule has 3 aliphatic rings. The van der Waals surface area contributed by atoms with Gasteiger partial charge in [-0.25, -0.2) is 0 Å². The molecule has 2 aliphatic heterocycles. The molecule has 2 fully saturated rings. The zero-order valence-electron chi connectivity index (χ0n) is 22.1. The first-order valence-corrected chi connectivity index (χ1v) is 13.9. The van der Waals surface area contributed by atoms with Crippen LogP contribution in [0.4, 0.5) is 6.01 Å². The Kier molecular flexibility index (Phi) is 8.13. The van der Waals surface area contributed by atoms with Crippen molar-refractivity contribution in [3.05, 3.63) is 41.7 Å². The molecule has 2 atom stereocenters. The Hall–Kier alpha value is -2.87. The fourth-order valence-corrected chi connectivity index (χ4v) is 5.62. The summed E-state index contributed by atoms with van der Waals surface area (Å²) in [5, 5.41) is 13.4. The predicted molar refractivity (Wildman–Crippen MR) is 142 cm³/mol. The van der Waals surface area contributed by atoms with Crippen molar-refractivity contribution in [1.82, 2.24) is 15.0 Å². The molecule has 0 saturated carbocycles. The number of hydrogen-bond donors (Lipinski definition) is 1. The van der Waals surface area contributed by atoms with Gasteiger partial charge in [-0.15, -0.1) is 0 Å². The van der Waals surface area contributed by atoms with Crippen molar-refractivity contribution < 1.29 is 19.2 Å². The number of benzene rings is 1. The lowest BCUT2D eigenvalue weighted by Gasteiger charge is -2.30. The molecule has 1 aliphatic carbocycles. The van der Waals surface area contributed by atoms with Crippen LogP contribution in [0, 0.1) is 17.8 Å². The maximum Gasteiger partial charge on any atom is 0.324 e. The third-order valence-electron chi connectivity index (χ3n) is 8.16. The van der Waals surface area contributed by atoms with Crippen molar-refractivity contribution >= 4 is 17.5 Å². The van der Waals surface area contributed by atoms with Gasteiger partial charge in [0.1, 0.15) is 5.75 Å². The molecular formula is C29H40N4O4. The largest absolute Gasteiger partial charge is 0.493 e. The minimum atomic E-state index is 0.0762. The first-order chi connectivity index (χ1) is 18.0. The van der Waals surface area contributed by atoms with E-state index in [4.69, 9.17) is 9.26 Å². The third kappa shape index (κ3) is 6.17. The Balaban J connectivity index is 1.06. The zero-order chi connectivity index (χ0) is 25.8. The van der Waals surface area contributed by atoms with Crippen LogP contribution in [0.5, 0.6) is 5.75 Å². The Morgan fingerprint density at radius 3 is 2.49 bits per heavy atom. The molecule has 2 aromatic rings. The Morgan fingerprint density at radius 1 is 1.11 bits per heavy atom. The summed E-state index contributed by atoms with van der Waals surface area (Å²) < 4.78 is 11.6. The van der Waals surface area contributed by atoms with E-state index in [-0.39, 0.29) is 30.3 Å². The van der Waals surface area contributed by atoms with Crippen LogP contribution in [0.15, 0.2) is 34.9 Å². The van der Waals surface area contributed by atoms with Crippen molar-refractivity contribution in [2.75, 3.05) is 44.3 Å². The van der Waals surface area contributed by atoms with Crippen molar-refractivity contribution in [2.45, 2.75) is 58.3 Å². The van der Waals surface area contributed by atoms with E-state index in [9.17, 15) is 9.90 Å². The van der Waals surface area contributed by atoms with E-state index in [1.54, 1.807) is 0 Å². The van der Waals surface area contributed by atoms with E-state index in [0.717, 1.165) is 69.7 Å². The van der Waals surface area contributed by atoms with Gasteiger partial charge >= 0.3 is 6.01 Å². The van der Waals surface area contributed by atoms with Gasteiger partial charge in [0.2, 0.25) is 5.91 Å². The molecule has 200 valence electrons. The summed E-state index contributed by atoms with van der Waals surface area (Å²) in [5.74, 6) is 3.04. The number of nitrogens with zero attached hydrogens (tertiary/aromatic N) is 4. The normalized spacial score (nSPS) is 23.0. The van der Waals surface area contributed by atoms with E-state index >= 15 is 0 Å². The van der Waals surface area contributed by atoms with Gasteiger partial charge in [-0.2, -0.15) is 4.98 Å². The quantitative estimate of drug-likeness (QED) is 0.561. The first-order valence-electron chi connectivity index (χ1n) is 13.9. The number of piperidine rings is 1. The molecule has 1 N–H and O–H groups in total. The smallest absolute Gasteiger partial charge is 0.324 e. The van der Waals surface area contributed by atoms with E-state index in [0.29, 0.717) is 25.1 Å². The predicted octanol–water partition coefficient (Wildman–Crippen LogP) is 4.51. The van der Waals surface area contributed by atoms with E-state index in [1.807, 2.05) is 4.90 Å². The molecule has 1 unspecified atom stereocenters.